The van der Waals surface area contributed by atoms with Crippen LogP contribution in [0.4, 0.5) is 5.69 Å². The molecule has 0 saturated carbocycles. The Kier molecular flexibility index (Phi) is 7.17. The molecule has 0 aromatic heterocycles. The third-order valence-corrected chi connectivity index (χ3v) is 7.42. The highest BCUT2D eigenvalue weighted by molar-refractivity contribution is 7.89. The summed E-state index contributed by atoms with van der Waals surface area (Å²) in [5.41, 5.74) is 1.82. The van der Waals surface area contributed by atoms with Crippen molar-refractivity contribution in [1.82, 2.24) is 9.21 Å². The van der Waals surface area contributed by atoms with E-state index in [4.69, 9.17) is 21.7 Å². The van der Waals surface area contributed by atoms with Crippen molar-refractivity contribution in [1.29, 1.82) is 0 Å². The molecule has 1 heterocycles. The second-order valence-electron chi connectivity index (χ2n) is 6.89. The van der Waals surface area contributed by atoms with Gasteiger partial charge in [-0.1, -0.05) is 19.1 Å². The normalized spacial score (nSPS) is 15.0. The molecule has 30 heavy (non-hydrogen) atoms. The smallest absolute Gasteiger partial charge is 0.243 e. The molecule has 1 aliphatic rings. The fourth-order valence-electron chi connectivity index (χ4n) is 3.28. The molecule has 0 unspecified atom stereocenters. The van der Waals surface area contributed by atoms with Gasteiger partial charge in [-0.25, -0.2) is 8.42 Å². The van der Waals surface area contributed by atoms with E-state index in [1.54, 1.807) is 32.4 Å². The quantitative estimate of drug-likeness (QED) is 0.680. The van der Waals surface area contributed by atoms with Crippen LogP contribution in [0.15, 0.2) is 47.4 Å². The van der Waals surface area contributed by atoms with Crippen molar-refractivity contribution >= 4 is 33.0 Å². The second kappa shape index (κ2) is 9.63. The third kappa shape index (κ3) is 4.85. The molecule has 162 valence electrons. The zero-order chi connectivity index (χ0) is 21.7. The monoisotopic (exact) mass is 449 g/mol. The van der Waals surface area contributed by atoms with Crippen LogP contribution in [0.3, 0.4) is 0 Å². The number of piperazine rings is 1. The van der Waals surface area contributed by atoms with E-state index in [2.05, 4.69) is 5.32 Å². The standard InChI is InChI=1S/C21H27N3O4S2/c1-4-16-5-8-18(9-6-16)30(25,26)24-13-11-23(12-14-24)21(29)22-19-15-17(27-2)7-10-20(19)28-3/h5-10,15H,4,11-14H2,1-3H3,(H,22,29). The first-order chi connectivity index (χ1) is 14.4. The minimum Gasteiger partial charge on any atom is -0.497 e. The van der Waals surface area contributed by atoms with Crippen molar-refractivity contribution in [2.75, 3.05) is 45.7 Å². The summed E-state index contributed by atoms with van der Waals surface area (Å²) in [6, 6.07) is 12.5. The number of ether oxygens (including phenoxy) is 2. The Morgan fingerprint density at radius 3 is 2.27 bits per heavy atom. The van der Waals surface area contributed by atoms with E-state index in [0.717, 1.165) is 12.0 Å². The maximum Gasteiger partial charge on any atom is 0.243 e. The van der Waals surface area contributed by atoms with Crippen molar-refractivity contribution in [3.05, 3.63) is 48.0 Å². The zero-order valence-corrected chi connectivity index (χ0v) is 19.1. The number of nitrogens with zero attached hydrogens (tertiary/aromatic N) is 2. The molecule has 1 saturated heterocycles. The van der Waals surface area contributed by atoms with E-state index in [-0.39, 0.29) is 0 Å². The fraction of sp³-hybridized carbons (Fsp3) is 0.381. The van der Waals surface area contributed by atoms with Crippen LogP contribution in [-0.4, -0.2) is 63.1 Å². The number of hydrogen-bond acceptors (Lipinski definition) is 5. The number of hydrogen-bond donors (Lipinski definition) is 1. The lowest BCUT2D eigenvalue weighted by Crippen LogP contribution is -2.51. The van der Waals surface area contributed by atoms with Gasteiger partial charge in [-0.3, -0.25) is 0 Å². The van der Waals surface area contributed by atoms with E-state index in [9.17, 15) is 8.42 Å². The highest BCUT2D eigenvalue weighted by atomic mass is 32.2. The molecule has 0 radical (unpaired) electrons. The van der Waals surface area contributed by atoms with Gasteiger partial charge in [0.05, 0.1) is 24.8 Å². The van der Waals surface area contributed by atoms with Crippen LogP contribution < -0.4 is 14.8 Å². The molecule has 1 aliphatic heterocycles. The van der Waals surface area contributed by atoms with Crippen molar-refractivity contribution in [2.45, 2.75) is 18.2 Å². The molecular weight excluding hydrogens is 422 g/mol. The highest BCUT2D eigenvalue weighted by Gasteiger charge is 2.29. The Morgan fingerprint density at radius 2 is 1.70 bits per heavy atom. The Labute approximate surface area is 183 Å². The average molecular weight is 450 g/mol. The number of aryl methyl sites for hydroxylation is 1. The topological polar surface area (TPSA) is 71.1 Å². The number of methoxy groups -OCH3 is 2. The predicted octanol–water partition coefficient (Wildman–Crippen LogP) is 2.97. The van der Waals surface area contributed by atoms with Crippen molar-refractivity contribution in [3.8, 4) is 11.5 Å². The Bertz CT molecular complexity index is 986. The number of thiocarbonyl (C=S) groups is 1. The van der Waals surface area contributed by atoms with Crippen LogP contribution in [0.2, 0.25) is 0 Å². The van der Waals surface area contributed by atoms with Gasteiger partial charge in [0, 0.05) is 32.2 Å². The molecule has 2 aromatic carbocycles. The van der Waals surface area contributed by atoms with Crippen LogP contribution in [0.5, 0.6) is 11.5 Å². The van der Waals surface area contributed by atoms with E-state index in [1.165, 1.54) is 4.31 Å². The lowest BCUT2D eigenvalue weighted by molar-refractivity contribution is 0.268. The van der Waals surface area contributed by atoms with Crippen LogP contribution in [0.1, 0.15) is 12.5 Å². The molecule has 0 atom stereocenters. The number of rotatable bonds is 6. The van der Waals surface area contributed by atoms with Gasteiger partial charge in [0.15, 0.2) is 5.11 Å². The van der Waals surface area contributed by atoms with Gasteiger partial charge in [-0.2, -0.15) is 4.31 Å². The molecule has 2 aromatic rings. The third-order valence-electron chi connectivity index (χ3n) is 5.14. The number of anilines is 1. The summed E-state index contributed by atoms with van der Waals surface area (Å²) in [5, 5.41) is 3.71. The van der Waals surface area contributed by atoms with Gasteiger partial charge in [-0.05, 0) is 48.5 Å². The SMILES string of the molecule is CCc1ccc(S(=O)(=O)N2CCN(C(=S)Nc3cc(OC)ccc3OC)CC2)cc1. The molecule has 0 aliphatic carbocycles. The van der Waals surface area contributed by atoms with E-state index in [0.29, 0.717) is 53.4 Å². The molecule has 1 N–H and O–H groups in total. The van der Waals surface area contributed by atoms with Gasteiger partial charge in [-0.15, -0.1) is 0 Å². The molecule has 3 rings (SSSR count). The summed E-state index contributed by atoms with van der Waals surface area (Å²) < 4.78 is 38.0. The predicted molar refractivity (Wildman–Crippen MR) is 122 cm³/mol. The maximum absolute atomic E-state index is 12.9. The van der Waals surface area contributed by atoms with Crippen molar-refractivity contribution in [2.24, 2.45) is 0 Å². The highest BCUT2D eigenvalue weighted by Crippen LogP contribution is 2.29. The van der Waals surface area contributed by atoms with E-state index < -0.39 is 10.0 Å². The summed E-state index contributed by atoms with van der Waals surface area (Å²) in [4.78, 5) is 2.29. The lowest BCUT2D eigenvalue weighted by atomic mass is 10.2. The van der Waals surface area contributed by atoms with Crippen molar-refractivity contribution < 1.29 is 17.9 Å². The minimum absolute atomic E-state index is 0.329. The lowest BCUT2D eigenvalue weighted by Gasteiger charge is -2.35. The number of benzene rings is 2. The Hall–Kier alpha value is -2.36. The average Bonchev–Trinajstić information content (AvgIpc) is 2.79. The largest absolute Gasteiger partial charge is 0.497 e. The van der Waals surface area contributed by atoms with Crippen LogP contribution in [-0.2, 0) is 16.4 Å². The second-order valence-corrected chi connectivity index (χ2v) is 9.21. The molecule has 9 heteroatoms. The summed E-state index contributed by atoms with van der Waals surface area (Å²) in [7, 11) is -0.322. The molecule has 1 fully saturated rings. The van der Waals surface area contributed by atoms with Gasteiger partial charge in [0.25, 0.3) is 0 Å². The molecule has 0 bridgehead atoms. The summed E-state index contributed by atoms with van der Waals surface area (Å²) in [5.74, 6) is 1.33. The van der Waals surface area contributed by atoms with Crippen LogP contribution in [0.25, 0.3) is 0 Å². The molecule has 7 nitrogen and oxygen atoms in total. The van der Waals surface area contributed by atoms with Crippen molar-refractivity contribution in [3.63, 3.8) is 0 Å². The Morgan fingerprint density at radius 1 is 1.03 bits per heavy atom. The summed E-state index contributed by atoms with van der Waals surface area (Å²) in [6.07, 6.45) is 0.877. The maximum atomic E-state index is 12.9. The Balaban J connectivity index is 1.64. The number of sulfonamides is 1. The first kappa shape index (κ1) is 22.3. The first-order valence-corrected chi connectivity index (χ1v) is 11.6. The van der Waals surface area contributed by atoms with Gasteiger partial charge >= 0.3 is 0 Å². The van der Waals surface area contributed by atoms with Crippen LogP contribution in [0, 0.1) is 0 Å². The van der Waals surface area contributed by atoms with E-state index >= 15 is 0 Å². The zero-order valence-electron chi connectivity index (χ0n) is 17.4. The summed E-state index contributed by atoms with van der Waals surface area (Å²) >= 11 is 5.55. The van der Waals surface area contributed by atoms with E-state index in [1.807, 2.05) is 36.1 Å². The number of nitrogens with one attached hydrogen (secondary N) is 1. The van der Waals surface area contributed by atoms with Gasteiger partial charge < -0.3 is 19.7 Å². The molecule has 0 spiro atoms. The first-order valence-electron chi connectivity index (χ1n) is 9.76. The summed E-state index contributed by atoms with van der Waals surface area (Å²) in [6.45, 7) is 3.79. The van der Waals surface area contributed by atoms with Gasteiger partial charge in [0.1, 0.15) is 11.5 Å². The minimum atomic E-state index is -3.51. The van der Waals surface area contributed by atoms with Gasteiger partial charge in [0.2, 0.25) is 10.0 Å². The van der Waals surface area contributed by atoms with Crippen LogP contribution >= 0.6 is 12.2 Å². The fourth-order valence-corrected chi connectivity index (χ4v) is 5.00. The molecular formula is C21H27N3O4S2. The molecule has 0 amide bonds.